The number of para-hydroxylation sites is 1. The Morgan fingerprint density at radius 1 is 0.774 bits per heavy atom. The van der Waals surface area contributed by atoms with Crippen LogP contribution in [0.5, 0.6) is 0 Å². The molecule has 0 heterocycles. The third kappa shape index (κ3) is 6.29. The number of carbonyl (C=O) groups excluding carboxylic acids is 2. The summed E-state index contributed by atoms with van der Waals surface area (Å²) in [5.74, 6) is -0.0880. The molecule has 2 amide bonds. The molecule has 0 aliphatic rings. The molecule has 0 aliphatic carbocycles. The SMILES string of the molecule is CC(C)Cc1ccc(C(C)C(=O)Nc2ccccc2C(=O)NCc2ccccc2)cc1. The number of anilines is 1. The largest absolute Gasteiger partial charge is 0.348 e. The van der Waals surface area contributed by atoms with Crippen LogP contribution in [-0.4, -0.2) is 11.8 Å². The van der Waals surface area contributed by atoms with Crippen molar-refractivity contribution in [1.29, 1.82) is 0 Å². The number of hydrogen-bond acceptors (Lipinski definition) is 2. The van der Waals surface area contributed by atoms with Crippen molar-refractivity contribution in [2.75, 3.05) is 5.32 Å². The van der Waals surface area contributed by atoms with Gasteiger partial charge in [-0.25, -0.2) is 0 Å². The molecule has 1 atom stereocenters. The third-order valence-electron chi connectivity index (χ3n) is 5.24. The highest BCUT2D eigenvalue weighted by Crippen LogP contribution is 2.22. The maximum absolute atomic E-state index is 12.9. The summed E-state index contributed by atoms with van der Waals surface area (Å²) >= 11 is 0. The summed E-state index contributed by atoms with van der Waals surface area (Å²) in [6.07, 6.45) is 1.02. The summed E-state index contributed by atoms with van der Waals surface area (Å²) in [7, 11) is 0. The summed E-state index contributed by atoms with van der Waals surface area (Å²) in [4.78, 5) is 25.6. The summed E-state index contributed by atoms with van der Waals surface area (Å²) in [6, 6.07) is 25.0. The van der Waals surface area contributed by atoms with Crippen molar-refractivity contribution in [3.05, 3.63) is 101 Å². The van der Waals surface area contributed by atoms with Crippen LogP contribution in [0.3, 0.4) is 0 Å². The van der Waals surface area contributed by atoms with Gasteiger partial charge in [-0.1, -0.05) is 80.6 Å². The third-order valence-corrected chi connectivity index (χ3v) is 5.24. The van der Waals surface area contributed by atoms with Gasteiger partial charge in [0, 0.05) is 6.54 Å². The molecule has 3 aromatic rings. The van der Waals surface area contributed by atoms with Gasteiger partial charge in [0.05, 0.1) is 17.2 Å². The van der Waals surface area contributed by atoms with Crippen LogP contribution in [0.2, 0.25) is 0 Å². The monoisotopic (exact) mass is 414 g/mol. The Balaban J connectivity index is 1.66. The van der Waals surface area contributed by atoms with Crippen molar-refractivity contribution in [1.82, 2.24) is 5.32 Å². The summed E-state index contributed by atoms with van der Waals surface area (Å²) in [6.45, 7) is 6.70. The molecule has 2 N–H and O–H groups in total. The second kappa shape index (κ2) is 10.6. The Bertz CT molecular complexity index is 1010. The molecule has 31 heavy (non-hydrogen) atoms. The molecule has 0 aromatic heterocycles. The molecule has 4 heteroatoms. The minimum absolute atomic E-state index is 0.139. The van der Waals surface area contributed by atoms with E-state index in [2.05, 4.69) is 36.6 Å². The zero-order valence-electron chi connectivity index (χ0n) is 18.4. The first-order valence-corrected chi connectivity index (χ1v) is 10.7. The Hall–Kier alpha value is -3.40. The second-order valence-corrected chi connectivity index (χ2v) is 8.26. The lowest BCUT2D eigenvalue weighted by Gasteiger charge is -2.16. The molecule has 0 bridgehead atoms. The molecule has 0 aliphatic heterocycles. The first-order valence-electron chi connectivity index (χ1n) is 10.7. The highest BCUT2D eigenvalue weighted by Gasteiger charge is 2.18. The van der Waals surface area contributed by atoms with E-state index < -0.39 is 0 Å². The van der Waals surface area contributed by atoms with Crippen LogP contribution < -0.4 is 10.6 Å². The van der Waals surface area contributed by atoms with E-state index in [4.69, 9.17) is 0 Å². The van der Waals surface area contributed by atoms with Gasteiger partial charge in [-0.2, -0.15) is 0 Å². The smallest absolute Gasteiger partial charge is 0.253 e. The van der Waals surface area contributed by atoms with E-state index in [1.165, 1.54) is 5.56 Å². The zero-order chi connectivity index (χ0) is 22.2. The van der Waals surface area contributed by atoms with E-state index >= 15 is 0 Å². The number of benzene rings is 3. The van der Waals surface area contributed by atoms with E-state index in [0.29, 0.717) is 23.7 Å². The van der Waals surface area contributed by atoms with Crippen molar-refractivity contribution in [2.45, 2.75) is 39.7 Å². The van der Waals surface area contributed by atoms with Crippen molar-refractivity contribution < 1.29 is 9.59 Å². The second-order valence-electron chi connectivity index (χ2n) is 8.26. The number of rotatable bonds is 8. The van der Waals surface area contributed by atoms with E-state index in [0.717, 1.165) is 17.5 Å². The van der Waals surface area contributed by atoms with Crippen LogP contribution in [-0.2, 0) is 17.8 Å². The fourth-order valence-corrected chi connectivity index (χ4v) is 3.47. The highest BCUT2D eigenvalue weighted by molar-refractivity contribution is 6.05. The molecular weight excluding hydrogens is 384 g/mol. The maximum atomic E-state index is 12.9. The van der Waals surface area contributed by atoms with Gasteiger partial charge in [0.25, 0.3) is 5.91 Å². The number of amides is 2. The highest BCUT2D eigenvalue weighted by atomic mass is 16.2. The molecular formula is C27H30N2O2. The lowest BCUT2D eigenvalue weighted by Crippen LogP contribution is -2.26. The molecule has 1 unspecified atom stereocenters. The first kappa shape index (κ1) is 22.3. The lowest BCUT2D eigenvalue weighted by atomic mass is 9.96. The zero-order valence-corrected chi connectivity index (χ0v) is 18.4. The van der Waals surface area contributed by atoms with Crippen LogP contribution in [0.4, 0.5) is 5.69 Å². The lowest BCUT2D eigenvalue weighted by molar-refractivity contribution is -0.117. The predicted octanol–water partition coefficient (Wildman–Crippen LogP) is 5.56. The topological polar surface area (TPSA) is 58.2 Å². The molecule has 3 rings (SSSR count). The minimum atomic E-state index is -0.325. The maximum Gasteiger partial charge on any atom is 0.253 e. The van der Waals surface area contributed by atoms with Crippen molar-refractivity contribution in [3.8, 4) is 0 Å². The Morgan fingerprint density at radius 3 is 2.10 bits per heavy atom. The average molecular weight is 415 g/mol. The molecule has 0 saturated carbocycles. The van der Waals surface area contributed by atoms with E-state index in [-0.39, 0.29) is 17.7 Å². The number of carbonyl (C=O) groups is 2. The van der Waals surface area contributed by atoms with Gasteiger partial charge < -0.3 is 10.6 Å². The number of hydrogen-bond donors (Lipinski definition) is 2. The molecule has 0 spiro atoms. The standard InChI is InChI=1S/C27H30N2O2/c1-19(2)17-21-13-15-23(16-14-21)20(3)26(30)29-25-12-8-7-11-24(25)27(31)28-18-22-9-5-4-6-10-22/h4-16,19-20H,17-18H2,1-3H3,(H,28,31)(H,29,30). The minimum Gasteiger partial charge on any atom is -0.348 e. The first-order chi connectivity index (χ1) is 14.9. The molecule has 0 fully saturated rings. The Labute approximate surface area is 184 Å². The van der Waals surface area contributed by atoms with Gasteiger partial charge in [0.2, 0.25) is 5.91 Å². The fourth-order valence-electron chi connectivity index (χ4n) is 3.47. The molecule has 0 radical (unpaired) electrons. The van der Waals surface area contributed by atoms with Crippen LogP contribution in [0.1, 0.15) is 53.7 Å². The van der Waals surface area contributed by atoms with Gasteiger partial charge in [0.1, 0.15) is 0 Å². The van der Waals surface area contributed by atoms with Gasteiger partial charge >= 0.3 is 0 Å². The predicted molar refractivity (Wildman–Crippen MR) is 126 cm³/mol. The molecule has 160 valence electrons. The average Bonchev–Trinajstić information content (AvgIpc) is 2.78. The summed E-state index contributed by atoms with van der Waals surface area (Å²) < 4.78 is 0. The van der Waals surface area contributed by atoms with Gasteiger partial charge in [-0.3, -0.25) is 9.59 Å². The van der Waals surface area contributed by atoms with E-state index in [9.17, 15) is 9.59 Å². The fraction of sp³-hybridized carbons (Fsp3) is 0.259. The molecule has 4 nitrogen and oxygen atoms in total. The Morgan fingerprint density at radius 2 is 1.42 bits per heavy atom. The normalized spacial score (nSPS) is 11.7. The van der Waals surface area contributed by atoms with Gasteiger partial charge in [-0.15, -0.1) is 0 Å². The van der Waals surface area contributed by atoms with Gasteiger partial charge in [-0.05, 0) is 48.1 Å². The quantitative estimate of drug-likeness (QED) is 0.507. The van der Waals surface area contributed by atoms with Crippen LogP contribution >= 0.6 is 0 Å². The van der Waals surface area contributed by atoms with Crippen LogP contribution in [0, 0.1) is 5.92 Å². The van der Waals surface area contributed by atoms with Crippen molar-refractivity contribution >= 4 is 17.5 Å². The summed E-state index contributed by atoms with van der Waals surface area (Å²) in [5.41, 5.74) is 4.21. The van der Waals surface area contributed by atoms with Gasteiger partial charge in [0.15, 0.2) is 0 Å². The van der Waals surface area contributed by atoms with E-state index in [1.807, 2.05) is 55.5 Å². The van der Waals surface area contributed by atoms with Crippen LogP contribution in [0.15, 0.2) is 78.9 Å². The molecule has 3 aromatic carbocycles. The van der Waals surface area contributed by atoms with Crippen molar-refractivity contribution in [3.63, 3.8) is 0 Å². The number of nitrogens with one attached hydrogen (secondary N) is 2. The summed E-state index contributed by atoms with van der Waals surface area (Å²) in [5, 5.41) is 5.86. The van der Waals surface area contributed by atoms with E-state index in [1.54, 1.807) is 18.2 Å². The van der Waals surface area contributed by atoms with Crippen molar-refractivity contribution in [2.24, 2.45) is 5.92 Å². The molecule has 0 saturated heterocycles. The van der Waals surface area contributed by atoms with Crippen LogP contribution in [0.25, 0.3) is 0 Å². The Kier molecular flexibility index (Phi) is 7.60.